The average molecular weight is 353 g/mol. The Morgan fingerprint density at radius 3 is 2.67 bits per heavy atom. The number of aryl methyl sites for hydroxylation is 1. The Bertz CT molecular complexity index is 667. The van der Waals surface area contributed by atoms with Gasteiger partial charge in [0, 0.05) is 16.6 Å². The molecular weight excluding hydrogens is 340 g/mol. The second-order valence-corrected chi connectivity index (χ2v) is 5.30. The number of nitrogens with one attached hydrogen (secondary N) is 1. The molecule has 0 aliphatic heterocycles. The van der Waals surface area contributed by atoms with Gasteiger partial charge in [-0.25, -0.2) is 0 Å². The Morgan fingerprint density at radius 1 is 1.43 bits per heavy atom. The van der Waals surface area contributed by atoms with E-state index in [1.54, 1.807) is 31.2 Å². The van der Waals surface area contributed by atoms with E-state index in [0.717, 1.165) is 4.47 Å². The van der Waals surface area contributed by atoms with Gasteiger partial charge in [-0.05, 0) is 36.1 Å². The summed E-state index contributed by atoms with van der Waals surface area (Å²) < 4.78 is 2.40. The van der Waals surface area contributed by atoms with Crippen molar-refractivity contribution in [1.29, 1.82) is 0 Å². The lowest BCUT2D eigenvalue weighted by molar-refractivity contribution is -0.389. The molecule has 2 aromatic rings. The molecule has 1 aromatic heterocycles. The third-order valence-electron chi connectivity index (χ3n) is 2.87. The minimum absolute atomic E-state index is 0.188. The van der Waals surface area contributed by atoms with Gasteiger partial charge in [-0.2, -0.15) is 4.68 Å². The Kier molecular flexibility index (Phi) is 4.69. The summed E-state index contributed by atoms with van der Waals surface area (Å²) in [5.41, 5.74) is 1.24. The number of carbonyl (C=O) groups is 1. The zero-order valence-electron chi connectivity index (χ0n) is 11.2. The molecule has 2 rings (SSSR count). The standard InChI is InChI=1S/C13H13BrN4O3/c1-9-8-12(18(20)21)16-17(9)7-6-15-13(19)10-2-4-11(14)5-3-10/h2-5,8H,6-7H2,1H3,(H,15,19). The number of carbonyl (C=O) groups excluding carboxylic acids is 1. The summed E-state index contributed by atoms with van der Waals surface area (Å²) in [6, 6.07) is 8.40. The maximum absolute atomic E-state index is 11.9. The number of aromatic nitrogens is 2. The van der Waals surface area contributed by atoms with Gasteiger partial charge in [-0.15, -0.1) is 0 Å². The van der Waals surface area contributed by atoms with Gasteiger partial charge in [0.15, 0.2) is 0 Å². The Balaban J connectivity index is 1.91. The highest BCUT2D eigenvalue weighted by Crippen LogP contribution is 2.11. The molecule has 0 radical (unpaired) electrons. The first-order valence-electron chi connectivity index (χ1n) is 6.20. The predicted octanol–water partition coefficient (Wildman–Crippen LogP) is 2.29. The summed E-state index contributed by atoms with van der Waals surface area (Å²) >= 11 is 3.30. The number of hydrogen-bond acceptors (Lipinski definition) is 4. The van der Waals surface area contributed by atoms with Gasteiger partial charge in [-0.1, -0.05) is 15.9 Å². The van der Waals surface area contributed by atoms with Crippen LogP contribution in [-0.2, 0) is 6.54 Å². The topological polar surface area (TPSA) is 90.1 Å². The van der Waals surface area contributed by atoms with Crippen LogP contribution in [0.3, 0.4) is 0 Å². The number of amides is 1. The number of nitrogens with zero attached hydrogens (tertiary/aromatic N) is 3. The van der Waals surface area contributed by atoms with Crippen molar-refractivity contribution in [2.45, 2.75) is 13.5 Å². The van der Waals surface area contributed by atoms with Crippen LogP contribution in [-0.4, -0.2) is 27.2 Å². The largest absolute Gasteiger partial charge is 0.390 e. The summed E-state index contributed by atoms with van der Waals surface area (Å²) in [7, 11) is 0. The van der Waals surface area contributed by atoms with E-state index in [2.05, 4.69) is 26.3 Å². The molecule has 1 aromatic carbocycles. The highest BCUT2D eigenvalue weighted by Gasteiger charge is 2.15. The minimum Gasteiger partial charge on any atom is -0.358 e. The molecule has 0 bridgehead atoms. The van der Waals surface area contributed by atoms with Gasteiger partial charge in [-0.3, -0.25) is 4.79 Å². The normalized spacial score (nSPS) is 10.4. The fraction of sp³-hybridized carbons (Fsp3) is 0.231. The molecule has 21 heavy (non-hydrogen) atoms. The van der Waals surface area contributed by atoms with Gasteiger partial charge in [0.05, 0.1) is 23.4 Å². The second kappa shape index (κ2) is 6.49. The van der Waals surface area contributed by atoms with Crippen LogP contribution < -0.4 is 5.32 Å². The molecule has 0 aliphatic rings. The first-order valence-corrected chi connectivity index (χ1v) is 6.99. The highest BCUT2D eigenvalue weighted by molar-refractivity contribution is 9.10. The lowest BCUT2D eigenvalue weighted by Crippen LogP contribution is -2.27. The van der Waals surface area contributed by atoms with Crippen molar-refractivity contribution in [3.8, 4) is 0 Å². The molecule has 1 N–H and O–H groups in total. The third kappa shape index (κ3) is 3.88. The van der Waals surface area contributed by atoms with Crippen LogP contribution in [0.1, 0.15) is 16.1 Å². The summed E-state index contributed by atoms with van der Waals surface area (Å²) in [6.07, 6.45) is 0. The molecule has 0 saturated carbocycles. The summed E-state index contributed by atoms with van der Waals surface area (Å²) in [6.45, 7) is 2.45. The first-order chi connectivity index (χ1) is 9.97. The zero-order valence-corrected chi connectivity index (χ0v) is 12.8. The Morgan fingerprint density at radius 2 is 2.10 bits per heavy atom. The minimum atomic E-state index is -0.538. The fourth-order valence-corrected chi connectivity index (χ4v) is 2.05. The van der Waals surface area contributed by atoms with Crippen LogP contribution in [0.25, 0.3) is 0 Å². The Labute approximate surface area is 129 Å². The van der Waals surface area contributed by atoms with Gasteiger partial charge >= 0.3 is 5.82 Å². The zero-order chi connectivity index (χ0) is 15.4. The summed E-state index contributed by atoms with van der Waals surface area (Å²) in [4.78, 5) is 22.0. The van der Waals surface area contributed by atoms with Crippen molar-refractivity contribution in [3.63, 3.8) is 0 Å². The third-order valence-corrected chi connectivity index (χ3v) is 3.40. The molecule has 0 spiro atoms. The monoisotopic (exact) mass is 352 g/mol. The van der Waals surface area contributed by atoms with E-state index < -0.39 is 4.92 Å². The molecule has 0 atom stereocenters. The molecule has 0 fully saturated rings. The van der Waals surface area contributed by atoms with E-state index in [9.17, 15) is 14.9 Å². The SMILES string of the molecule is Cc1cc([N+](=O)[O-])nn1CCNC(=O)c1ccc(Br)cc1. The lowest BCUT2D eigenvalue weighted by Gasteiger charge is -2.05. The highest BCUT2D eigenvalue weighted by atomic mass is 79.9. The molecule has 0 unspecified atom stereocenters. The summed E-state index contributed by atoms with van der Waals surface area (Å²) in [5, 5.41) is 17.2. The van der Waals surface area contributed by atoms with E-state index in [4.69, 9.17) is 0 Å². The lowest BCUT2D eigenvalue weighted by atomic mass is 10.2. The molecule has 0 aliphatic carbocycles. The molecule has 1 amide bonds. The van der Waals surface area contributed by atoms with E-state index in [1.165, 1.54) is 10.7 Å². The first kappa shape index (κ1) is 15.2. The van der Waals surface area contributed by atoms with Gasteiger partial charge < -0.3 is 15.4 Å². The number of nitro groups is 1. The second-order valence-electron chi connectivity index (χ2n) is 4.39. The smallest absolute Gasteiger partial charge is 0.358 e. The maximum Gasteiger partial charge on any atom is 0.390 e. The molecule has 1 heterocycles. The average Bonchev–Trinajstić information content (AvgIpc) is 2.81. The van der Waals surface area contributed by atoms with Crippen LogP contribution in [0, 0.1) is 17.0 Å². The number of hydrogen-bond donors (Lipinski definition) is 1. The van der Waals surface area contributed by atoms with Crippen molar-refractivity contribution in [2.24, 2.45) is 0 Å². The molecule has 8 heteroatoms. The van der Waals surface area contributed by atoms with Crippen molar-refractivity contribution >= 4 is 27.7 Å². The molecule has 0 saturated heterocycles. The molecule has 7 nitrogen and oxygen atoms in total. The van der Waals surface area contributed by atoms with Crippen LogP contribution in [0.15, 0.2) is 34.8 Å². The molecular formula is C13H13BrN4O3. The predicted molar refractivity (Wildman–Crippen MR) is 80.1 cm³/mol. The van der Waals surface area contributed by atoms with Crippen LogP contribution >= 0.6 is 15.9 Å². The van der Waals surface area contributed by atoms with E-state index in [-0.39, 0.29) is 11.7 Å². The van der Waals surface area contributed by atoms with Gasteiger partial charge in [0.25, 0.3) is 5.91 Å². The quantitative estimate of drug-likeness (QED) is 0.660. The van der Waals surface area contributed by atoms with E-state index >= 15 is 0 Å². The van der Waals surface area contributed by atoms with Crippen LogP contribution in [0.2, 0.25) is 0 Å². The van der Waals surface area contributed by atoms with Crippen LogP contribution in [0.4, 0.5) is 5.82 Å². The molecule has 110 valence electrons. The summed E-state index contributed by atoms with van der Waals surface area (Å²) in [5.74, 6) is -0.381. The van der Waals surface area contributed by atoms with E-state index in [0.29, 0.717) is 24.3 Å². The van der Waals surface area contributed by atoms with Gasteiger partial charge in [0.1, 0.15) is 0 Å². The Hall–Kier alpha value is -2.22. The van der Waals surface area contributed by atoms with Crippen molar-refractivity contribution in [3.05, 3.63) is 56.2 Å². The number of rotatable bonds is 5. The number of halogens is 1. The van der Waals surface area contributed by atoms with E-state index in [1.807, 2.05) is 0 Å². The number of benzene rings is 1. The van der Waals surface area contributed by atoms with Crippen LogP contribution in [0.5, 0.6) is 0 Å². The van der Waals surface area contributed by atoms with Crippen molar-refractivity contribution < 1.29 is 9.72 Å². The fourth-order valence-electron chi connectivity index (χ4n) is 1.79. The van der Waals surface area contributed by atoms with Crippen molar-refractivity contribution in [2.75, 3.05) is 6.54 Å². The maximum atomic E-state index is 11.9. The van der Waals surface area contributed by atoms with Crippen molar-refractivity contribution in [1.82, 2.24) is 15.1 Å². The van der Waals surface area contributed by atoms with Gasteiger partial charge in [0.2, 0.25) is 0 Å².